The Morgan fingerprint density at radius 2 is 2.09 bits per heavy atom. The standard InChI is InChI=1S/C14H13N7O/c1-9-6-16-10(7-15-9)8-17-14(22)12-5-3-2-4-11(12)13-18-20-21-19-13/h2-7H,8H2,1H3,(H,17,22)(H,18,19,20,21). The lowest BCUT2D eigenvalue weighted by Crippen LogP contribution is -2.24. The number of nitrogens with one attached hydrogen (secondary N) is 2. The van der Waals surface area contributed by atoms with Crippen molar-refractivity contribution in [3.8, 4) is 11.4 Å². The van der Waals surface area contributed by atoms with Crippen LogP contribution in [0, 0.1) is 6.92 Å². The second kappa shape index (κ2) is 6.08. The maximum Gasteiger partial charge on any atom is 0.252 e. The summed E-state index contributed by atoms with van der Waals surface area (Å²) in [5, 5.41) is 16.5. The summed E-state index contributed by atoms with van der Waals surface area (Å²) in [7, 11) is 0. The second-order valence-corrected chi connectivity index (χ2v) is 4.61. The molecule has 1 amide bonds. The van der Waals surface area contributed by atoms with E-state index in [0.29, 0.717) is 29.2 Å². The highest BCUT2D eigenvalue weighted by atomic mass is 16.1. The van der Waals surface area contributed by atoms with Gasteiger partial charge in [-0.2, -0.15) is 5.21 Å². The number of aromatic nitrogens is 6. The Hall–Kier alpha value is -3.16. The maximum atomic E-state index is 12.4. The van der Waals surface area contributed by atoms with Gasteiger partial charge in [0.15, 0.2) is 0 Å². The van der Waals surface area contributed by atoms with Crippen LogP contribution in [0.3, 0.4) is 0 Å². The number of aryl methyl sites for hydroxylation is 1. The predicted octanol–water partition coefficient (Wildman–Crippen LogP) is 0.895. The fourth-order valence-electron chi connectivity index (χ4n) is 1.93. The Labute approximate surface area is 126 Å². The molecule has 0 saturated heterocycles. The zero-order valence-electron chi connectivity index (χ0n) is 11.8. The molecule has 2 aromatic heterocycles. The Balaban J connectivity index is 1.77. The zero-order chi connectivity index (χ0) is 15.4. The topological polar surface area (TPSA) is 109 Å². The molecule has 0 aliphatic heterocycles. The van der Waals surface area contributed by atoms with Crippen molar-refractivity contribution in [1.82, 2.24) is 35.9 Å². The van der Waals surface area contributed by atoms with Crippen molar-refractivity contribution in [3.05, 3.63) is 53.6 Å². The van der Waals surface area contributed by atoms with Crippen LogP contribution in [0.15, 0.2) is 36.7 Å². The van der Waals surface area contributed by atoms with Gasteiger partial charge in [-0.3, -0.25) is 14.8 Å². The fourth-order valence-corrected chi connectivity index (χ4v) is 1.93. The van der Waals surface area contributed by atoms with Gasteiger partial charge >= 0.3 is 0 Å². The number of hydrogen-bond acceptors (Lipinski definition) is 6. The summed E-state index contributed by atoms with van der Waals surface area (Å²) in [6.07, 6.45) is 3.30. The minimum Gasteiger partial charge on any atom is -0.346 e. The van der Waals surface area contributed by atoms with Crippen LogP contribution in [0.1, 0.15) is 21.7 Å². The number of rotatable bonds is 4. The molecule has 2 N–H and O–H groups in total. The molecule has 8 nitrogen and oxygen atoms in total. The minimum absolute atomic E-state index is 0.234. The van der Waals surface area contributed by atoms with Crippen LogP contribution in [0.5, 0.6) is 0 Å². The third-order valence-corrected chi connectivity index (χ3v) is 3.02. The van der Waals surface area contributed by atoms with Crippen LogP contribution in [-0.2, 0) is 6.54 Å². The van der Waals surface area contributed by atoms with Gasteiger partial charge in [0.2, 0.25) is 5.82 Å². The van der Waals surface area contributed by atoms with Gasteiger partial charge in [-0.15, -0.1) is 10.2 Å². The molecular weight excluding hydrogens is 282 g/mol. The lowest BCUT2D eigenvalue weighted by atomic mass is 10.1. The van der Waals surface area contributed by atoms with Crippen LogP contribution in [0.2, 0.25) is 0 Å². The van der Waals surface area contributed by atoms with E-state index in [-0.39, 0.29) is 5.91 Å². The average molecular weight is 295 g/mol. The third-order valence-electron chi connectivity index (χ3n) is 3.02. The van der Waals surface area contributed by atoms with Crippen molar-refractivity contribution >= 4 is 5.91 Å². The Kier molecular flexibility index (Phi) is 3.82. The number of tetrazole rings is 1. The fraction of sp³-hybridized carbons (Fsp3) is 0.143. The molecule has 0 fully saturated rings. The molecule has 1 aromatic carbocycles. The first-order chi connectivity index (χ1) is 10.7. The summed E-state index contributed by atoms with van der Waals surface area (Å²) < 4.78 is 0. The van der Waals surface area contributed by atoms with Gasteiger partial charge in [0.05, 0.1) is 29.7 Å². The van der Waals surface area contributed by atoms with E-state index in [9.17, 15) is 4.79 Å². The van der Waals surface area contributed by atoms with E-state index in [4.69, 9.17) is 0 Å². The average Bonchev–Trinajstić information content (AvgIpc) is 3.08. The van der Waals surface area contributed by atoms with Crippen LogP contribution in [0.4, 0.5) is 0 Å². The van der Waals surface area contributed by atoms with Crippen molar-refractivity contribution in [2.24, 2.45) is 0 Å². The van der Waals surface area contributed by atoms with E-state index in [1.165, 1.54) is 0 Å². The number of carbonyl (C=O) groups is 1. The largest absolute Gasteiger partial charge is 0.346 e. The molecule has 0 unspecified atom stereocenters. The van der Waals surface area contributed by atoms with E-state index in [1.54, 1.807) is 30.6 Å². The Morgan fingerprint density at radius 1 is 1.23 bits per heavy atom. The molecule has 8 heteroatoms. The quantitative estimate of drug-likeness (QED) is 0.740. The van der Waals surface area contributed by atoms with Crippen molar-refractivity contribution in [2.45, 2.75) is 13.5 Å². The molecule has 110 valence electrons. The van der Waals surface area contributed by atoms with Gasteiger partial charge in [-0.1, -0.05) is 18.2 Å². The van der Waals surface area contributed by atoms with Gasteiger partial charge in [-0.05, 0) is 18.2 Å². The van der Waals surface area contributed by atoms with Crippen LogP contribution in [0.25, 0.3) is 11.4 Å². The molecule has 0 atom stereocenters. The third kappa shape index (κ3) is 2.95. The normalized spacial score (nSPS) is 10.4. The highest BCUT2D eigenvalue weighted by Crippen LogP contribution is 2.18. The number of H-pyrrole nitrogens is 1. The van der Waals surface area contributed by atoms with E-state index >= 15 is 0 Å². The van der Waals surface area contributed by atoms with Crippen LogP contribution in [-0.4, -0.2) is 36.5 Å². The minimum atomic E-state index is -0.234. The van der Waals surface area contributed by atoms with Gasteiger partial charge in [-0.25, -0.2) is 0 Å². The molecule has 0 radical (unpaired) electrons. The highest BCUT2D eigenvalue weighted by molar-refractivity contribution is 5.99. The SMILES string of the molecule is Cc1cnc(CNC(=O)c2ccccc2-c2nn[nH]n2)cn1. The summed E-state index contributed by atoms with van der Waals surface area (Å²) in [6.45, 7) is 2.16. The molecule has 0 aliphatic rings. The highest BCUT2D eigenvalue weighted by Gasteiger charge is 2.15. The van der Waals surface area contributed by atoms with Crippen LogP contribution < -0.4 is 5.32 Å². The van der Waals surface area contributed by atoms with E-state index in [1.807, 2.05) is 13.0 Å². The first kappa shape index (κ1) is 13.8. The van der Waals surface area contributed by atoms with Crippen molar-refractivity contribution in [2.75, 3.05) is 0 Å². The Morgan fingerprint density at radius 3 is 2.82 bits per heavy atom. The molecule has 0 aliphatic carbocycles. The van der Waals surface area contributed by atoms with Crippen LogP contribution >= 0.6 is 0 Å². The number of nitrogens with zero attached hydrogens (tertiary/aromatic N) is 5. The summed E-state index contributed by atoms with van der Waals surface area (Å²) >= 11 is 0. The summed E-state index contributed by atoms with van der Waals surface area (Å²) in [6, 6.07) is 7.07. The summed E-state index contributed by atoms with van der Waals surface area (Å²) in [5.41, 5.74) is 2.61. The van der Waals surface area contributed by atoms with Crippen molar-refractivity contribution in [1.29, 1.82) is 0 Å². The summed E-state index contributed by atoms with van der Waals surface area (Å²) in [4.78, 5) is 20.7. The van der Waals surface area contributed by atoms with E-state index in [2.05, 4.69) is 35.9 Å². The van der Waals surface area contributed by atoms with Crippen molar-refractivity contribution < 1.29 is 4.79 Å². The molecule has 22 heavy (non-hydrogen) atoms. The summed E-state index contributed by atoms with van der Waals surface area (Å²) in [5.74, 6) is 0.142. The molecule has 3 aromatic rings. The first-order valence-corrected chi connectivity index (χ1v) is 6.62. The number of carbonyl (C=O) groups excluding carboxylic acids is 1. The Bertz CT molecular complexity index is 768. The molecule has 0 saturated carbocycles. The molecule has 0 bridgehead atoms. The van der Waals surface area contributed by atoms with Gasteiger partial charge in [0.25, 0.3) is 5.91 Å². The van der Waals surface area contributed by atoms with E-state index in [0.717, 1.165) is 5.69 Å². The van der Waals surface area contributed by atoms with Gasteiger partial charge < -0.3 is 5.32 Å². The zero-order valence-corrected chi connectivity index (χ0v) is 11.8. The van der Waals surface area contributed by atoms with Crippen molar-refractivity contribution in [3.63, 3.8) is 0 Å². The van der Waals surface area contributed by atoms with Gasteiger partial charge in [0.1, 0.15) is 0 Å². The number of hydrogen-bond donors (Lipinski definition) is 2. The van der Waals surface area contributed by atoms with Gasteiger partial charge in [0, 0.05) is 11.8 Å². The lowest BCUT2D eigenvalue weighted by molar-refractivity contribution is 0.0951. The monoisotopic (exact) mass is 295 g/mol. The predicted molar refractivity (Wildman–Crippen MR) is 77.6 cm³/mol. The maximum absolute atomic E-state index is 12.4. The second-order valence-electron chi connectivity index (χ2n) is 4.61. The number of amides is 1. The first-order valence-electron chi connectivity index (χ1n) is 6.62. The number of aromatic amines is 1. The smallest absolute Gasteiger partial charge is 0.252 e. The molecule has 2 heterocycles. The molecular formula is C14H13N7O. The molecule has 3 rings (SSSR count). The number of benzene rings is 1. The molecule has 0 spiro atoms. The lowest BCUT2D eigenvalue weighted by Gasteiger charge is -2.07. The van der Waals surface area contributed by atoms with E-state index < -0.39 is 0 Å².